The van der Waals surface area contributed by atoms with Gasteiger partial charge in [-0.2, -0.15) is 10.5 Å². The molecule has 24 heavy (non-hydrogen) atoms. The topological polar surface area (TPSA) is 89.1 Å². The molecule has 0 aliphatic rings. The number of nitrogens with one attached hydrogen (secondary N) is 1. The van der Waals surface area contributed by atoms with Crippen molar-refractivity contribution in [2.24, 2.45) is 5.92 Å². The molecule has 5 nitrogen and oxygen atoms in total. The fourth-order valence-corrected chi connectivity index (χ4v) is 3.30. The molecule has 0 bridgehead atoms. The van der Waals surface area contributed by atoms with Gasteiger partial charge in [0.1, 0.15) is 5.69 Å². The van der Waals surface area contributed by atoms with Crippen LogP contribution in [0.1, 0.15) is 13.3 Å². The monoisotopic (exact) mass is 465 g/mol. The number of H-pyrrole nitrogens is 1. The number of nitrogens with zero attached hydrogens (tertiary/aromatic N) is 4. The molecule has 1 atom stereocenters. The lowest BCUT2D eigenvalue weighted by Gasteiger charge is -2.14. The van der Waals surface area contributed by atoms with Gasteiger partial charge in [-0.1, -0.05) is 50.9 Å². The first-order chi connectivity index (χ1) is 11.5. The lowest BCUT2D eigenvalue weighted by atomic mass is 10.1. The Morgan fingerprint density at radius 1 is 1.33 bits per heavy atom. The molecule has 1 N–H and O–H groups in total. The van der Waals surface area contributed by atoms with Crippen LogP contribution in [-0.4, -0.2) is 18.2 Å². The van der Waals surface area contributed by atoms with Crippen molar-refractivity contribution < 1.29 is 0 Å². The number of thiazole rings is 1. The quantitative estimate of drug-likeness (QED) is 0.535. The third kappa shape index (κ3) is 4.41. The molecule has 3 aromatic rings. The van der Waals surface area contributed by atoms with Gasteiger partial charge in [0, 0.05) is 5.38 Å². The average molecular weight is 467 g/mol. The number of imidazole rings is 1. The van der Waals surface area contributed by atoms with Crippen LogP contribution in [-0.2, 0) is 0 Å². The first-order valence-electron chi connectivity index (χ1n) is 7.03. The van der Waals surface area contributed by atoms with Crippen LogP contribution in [0.5, 0.6) is 0 Å². The molecular weight excluding hydrogens is 454 g/mol. The largest absolute Gasteiger partial charge is 0.337 e. The molecule has 0 aliphatic carbocycles. The number of aromatic amines is 1. The molecule has 0 amide bonds. The van der Waals surface area contributed by atoms with Crippen molar-refractivity contribution in [3.8, 4) is 23.7 Å². The van der Waals surface area contributed by atoms with Crippen LogP contribution in [0.4, 0.5) is 0 Å². The van der Waals surface area contributed by atoms with Crippen LogP contribution >= 0.6 is 43.2 Å². The van der Waals surface area contributed by atoms with E-state index in [0.29, 0.717) is 6.42 Å². The zero-order valence-corrected chi connectivity index (χ0v) is 16.7. The standard InChI is InChI=1S/C10H7N3S.C6H6Br2N2/c1-2-4-8-7(3-1)12-10(13-8)9-5-14-6-11-9;1-2-5(3-9)6(7,8)4-10/h1-6H,(H,12,13);5H,2H2,1H3. The van der Waals surface area contributed by atoms with Gasteiger partial charge in [0.25, 0.3) is 0 Å². The van der Waals surface area contributed by atoms with Crippen molar-refractivity contribution >= 4 is 54.2 Å². The zero-order chi connectivity index (χ0) is 17.6. The summed E-state index contributed by atoms with van der Waals surface area (Å²) in [5, 5.41) is 19.0. The Balaban J connectivity index is 0.000000187. The fraction of sp³-hybridized carbons (Fsp3) is 0.250. The van der Waals surface area contributed by atoms with Gasteiger partial charge in [0.15, 0.2) is 9.06 Å². The number of benzene rings is 1. The number of aromatic nitrogens is 3. The summed E-state index contributed by atoms with van der Waals surface area (Å²) in [4.78, 5) is 11.9. The molecule has 1 aromatic carbocycles. The van der Waals surface area contributed by atoms with E-state index in [1.807, 2.05) is 54.2 Å². The fourth-order valence-electron chi connectivity index (χ4n) is 1.91. The third-order valence-electron chi connectivity index (χ3n) is 3.22. The molecule has 8 heteroatoms. The van der Waals surface area contributed by atoms with Gasteiger partial charge < -0.3 is 4.98 Å². The number of hydrogen-bond acceptors (Lipinski definition) is 5. The van der Waals surface area contributed by atoms with Crippen molar-refractivity contribution in [3.05, 3.63) is 35.2 Å². The van der Waals surface area contributed by atoms with Crippen LogP contribution in [0.3, 0.4) is 0 Å². The Labute approximate surface area is 160 Å². The van der Waals surface area contributed by atoms with Gasteiger partial charge in [0.05, 0.1) is 34.6 Å². The molecular formula is C16H13Br2N5S. The number of alkyl halides is 2. The second-order valence-electron chi connectivity index (χ2n) is 4.80. The maximum atomic E-state index is 8.53. The number of fused-ring (bicyclic) bond motifs is 1. The van der Waals surface area contributed by atoms with E-state index < -0.39 is 3.23 Å². The summed E-state index contributed by atoms with van der Waals surface area (Å²) in [5.74, 6) is 0.532. The minimum Gasteiger partial charge on any atom is -0.337 e. The smallest absolute Gasteiger partial charge is 0.181 e. The zero-order valence-electron chi connectivity index (χ0n) is 12.7. The Hall–Kier alpha value is -1.74. The van der Waals surface area contributed by atoms with Gasteiger partial charge in [-0.3, -0.25) is 0 Å². The summed E-state index contributed by atoms with van der Waals surface area (Å²) in [5.41, 5.74) is 4.75. The van der Waals surface area contributed by atoms with E-state index in [4.69, 9.17) is 10.5 Å². The van der Waals surface area contributed by atoms with Crippen molar-refractivity contribution in [1.29, 1.82) is 10.5 Å². The normalized spacial score (nSPS) is 11.9. The van der Waals surface area contributed by atoms with Crippen molar-refractivity contribution in [2.75, 3.05) is 0 Å². The van der Waals surface area contributed by atoms with E-state index in [1.54, 1.807) is 11.3 Å². The maximum absolute atomic E-state index is 8.53. The number of para-hydroxylation sites is 2. The van der Waals surface area contributed by atoms with Crippen LogP contribution in [0.25, 0.3) is 22.6 Å². The molecule has 3 rings (SSSR count). The number of hydrogen-bond donors (Lipinski definition) is 1. The van der Waals surface area contributed by atoms with Crippen molar-refractivity contribution in [3.63, 3.8) is 0 Å². The average Bonchev–Trinajstić information content (AvgIpc) is 3.25. The van der Waals surface area contributed by atoms with Gasteiger partial charge in [-0.15, -0.1) is 11.3 Å². The Kier molecular flexibility index (Phi) is 6.50. The maximum Gasteiger partial charge on any atom is 0.181 e. The molecule has 0 radical (unpaired) electrons. The van der Waals surface area contributed by atoms with Crippen molar-refractivity contribution in [2.45, 2.75) is 16.6 Å². The highest BCUT2D eigenvalue weighted by Gasteiger charge is 2.32. The minimum atomic E-state index is -0.872. The molecule has 0 spiro atoms. The Bertz CT molecular complexity index is 841. The minimum absolute atomic E-state index is 0.308. The van der Waals surface area contributed by atoms with E-state index in [9.17, 15) is 0 Å². The lowest BCUT2D eigenvalue weighted by molar-refractivity contribution is 0.656. The van der Waals surface area contributed by atoms with E-state index >= 15 is 0 Å². The van der Waals surface area contributed by atoms with Gasteiger partial charge in [-0.05, 0) is 18.6 Å². The summed E-state index contributed by atoms with van der Waals surface area (Å²) >= 11 is 7.77. The molecule has 0 saturated heterocycles. The summed E-state index contributed by atoms with van der Waals surface area (Å²) in [6, 6.07) is 12.0. The third-order valence-corrected chi connectivity index (χ3v) is 5.26. The molecule has 2 heterocycles. The van der Waals surface area contributed by atoms with Crippen LogP contribution in [0.2, 0.25) is 0 Å². The van der Waals surface area contributed by atoms with Gasteiger partial charge in [0.2, 0.25) is 0 Å². The van der Waals surface area contributed by atoms with Crippen LogP contribution in [0.15, 0.2) is 35.2 Å². The Morgan fingerprint density at radius 3 is 2.58 bits per heavy atom. The van der Waals surface area contributed by atoms with Crippen LogP contribution < -0.4 is 0 Å². The molecule has 122 valence electrons. The molecule has 0 fully saturated rings. The highest BCUT2D eigenvalue weighted by Crippen LogP contribution is 2.35. The highest BCUT2D eigenvalue weighted by atomic mass is 79.9. The van der Waals surface area contributed by atoms with E-state index in [1.165, 1.54) is 0 Å². The predicted octanol–water partition coefficient (Wildman–Crippen LogP) is 5.23. The number of rotatable bonds is 3. The summed E-state index contributed by atoms with van der Waals surface area (Å²) in [6.45, 7) is 1.86. The number of nitriles is 2. The molecule has 2 aromatic heterocycles. The molecule has 1 unspecified atom stereocenters. The van der Waals surface area contributed by atoms with Gasteiger partial charge in [-0.25, -0.2) is 9.97 Å². The molecule has 0 aliphatic heterocycles. The van der Waals surface area contributed by atoms with E-state index in [0.717, 1.165) is 22.6 Å². The predicted molar refractivity (Wildman–Crippen MR) is 103 cm³/mol. The first-order valence-corrected chi connectivity index (χ1v) is 9.56. The van der Waals surface area contributed by atoms with E-state index in [2.05, 4.69) is 46.8 Å². The lowest BCUT2D eigenvalue weighted by Crippen LogP contribution is -2.19. The SMILES string of the molecule is CCC(C#N)C(Br)(Br)C#N.c1ccc2[nH]c(-c3cscn3)nc2c1. The summed E-state index contributed by atoms with van der Waals surface area (Å²) in [6.07, 6.45) is 0.653. The highest BCUT2D eigenvalue weighted by molar-refractivity contribution is 9.25. The second kappa shape index (κ2) is 8.39. The summed E-state index contributed by atoms with van der Waals surface area (Å²) < 4.78 is -0.872. The van der Waals surface area contributed by atoms with E-state index in [-0.39, 0.29) is 5.92 Å². The van der Waals surface area contributed by atoms with Crippen molar-refractivity contribution in [1.82, 2.24) is 15.0 Å². The molecule has 0 saturated carbocycles. The Morgan fingerprint density at radius 2 is 2.08 bits per heavy atom. The summed E-state index contributed by atoms with van der Waals surface area (Å²) in [7, 11) is 0. The number of halogens is 2. The second-order valence-corrected chi connectivity index (χ2v) is 9.09. The first kappa shape index (κ1) is 18.6. The van der Waals surface area contributed by atoms with Crippen LogP contribution in [0, 0.1) is 28.6 Å². The van der Waals surface area contributed by atoms with Gasteiger partial charge >= 0.3 is 0 Å².